The highest BCUT2D eigenvalue weighted by Crippen LogP contribution is 2.13. The second-order valence-electron chi connectivity index (χ2n) is 5.22. The van der Waals surface area contributed by atoms with E-state index in [1.54, 1.807) is 0 Å². The molecule has 3 atom stereocenters. The molecular weight excluding hydrogens is 230 g/mol. The van der Waals surface area contributed by atoms with E-state index in [9.17, 15) is 5.11 Å². The summed E-state index contributed by atoms with van der Waals surface area (Å²) in [6.45, 7) is 3.90. The number of hydrogen-bond acceptors (Lipinski definition) is 4. The molecule has 108 valence electrons. The third-order valence-corrected chi connectivity index (χ3v) is 3.50. The van der Waals surface area contributed by atoms with Crippen molar-refractivity contribution in [2.24, 2.45) is 5.73 Å². The Kier molecular flexibility index (Phi) is 8.59. The molecule has 1 aliphatic rings. The van der Waals surface area contributed by atoms with E-state index < -0.39 is 6.10 Å². The predicted molar refractivity (Wildman–Crippen MR) is 72.5 cm³/mol. The van der Waals surface area contributed by atoms with Crippen molar-refractivity contribution in [3.05, 3.63) is 0 Å². The number of hydrogen-bond donors (Lipinski definition) is 2. The number of nitrogens with two attached hydrogens (primary N) is 1. The Morgan fingerprint density at radius 1 is 1.17 bits per heavy atom. The summed E-state index contributed by atoms with van der Waals surface area (Å²) in [5.41, 5.74) is 5.65. The molecule has 0 aromatic heterocycles. The molecule has 0 bridgehead atoms. The van der Waals surface area contributed by atoms with E-state index in [2.05, 4.69) is 6.92 Å². The fourth-order valence-corrected chi connectivity index (χ4v) is 2.22. The lowest BCUT2D eigenvalue weighted by Crippen LogP contribution is -2.38. The first-order chi connectivity index (χ1) is 8.75. The van der Waals surface area contributed by atoms with Crippen LogP contribution < -0.4 is 5.73 Å². The van der Waals surface area contributed by atoms with Crippen LogP contribution in [-0.2, 0) is 9.47 Å². The lowest BCUT2D eigenvalue weighted by molar-refractivity contribution is -0.0251. The highest BCUT2D eigenvalue weighted by Gasteiger charge is 2.33. The molecule has 0 saturated carbocycles. The number of rotatable bonds is 10. The molecule has 1 heterocycles. The van der Waals surface area contributed by atoms with Crippen LogP contribution in [0.1, 0.15) is 51.9 Å². The molecule has 0 radical (unpaired) electrons. The predicted octanol–water partition coefficient (Wildman–Crippen LogP) is 1.84. The molecule has 0 aliphatic carbocycles. The molecule has 0 unspecified atom stereocenters. The average Bonchev–Trinajstić information content (AvgIpc) is 2.68. The topological polar surface area (TPSA) is 64.7 Å². The zero-order valence-electron chi connectivity index (χ0n) is 11.6. The van der Waals surface area contributed by atoms with Gasteiger partial charge in [-0.2, -0.15) is 0 Å². The minimum Gasteiger partial charge on any atom is -0.389 e. The van der Waals surface area contributed by atoms with Gasteiger partial charge < -0.3 is 20.3 Å². The Balaban J connectivity index is 1.84. The quantitative estimate of drug-likeness (QED) is 0.588. The molecule has 1 saturated heterocycles. The minimum absolute atomic E-state index is 0.232. The zero-order valence-corrected chi connectivity index (χ0v) is 11.6. The SMILES string of the molecule is CCCCCCCCCOC[C@@H]1OC[C@H](N)[C@H]1O. The molecule has 1 fully saturated rings. The Morgan fingerprint density at radius 2 is 1.83 bits per heavy atom. The van der Waals surface area contributed by atoms with Crippen molar-refractivity contribution in [1.82, 2.24) is 0 Å². The van der Waals surface area contributed by atoms with Crippen LogP contribution in [0.2, 0.25) is 0 Å². The molecule has 1 aliphatic heterocycles. The van der Waals surface area contributed by atoms with Crippen LogP contribution in [-0.4, -0.2) is 43.2 Å². The molecule has 4 nitrogen and oxygen atoms in total. The molecule has 0 aromatic rings. The number of unbranched alkanes of at least 4 members (excludes halogenated alkanes) is 6. The van der Waals surface area contributed by atoms with Gasteiger partial charge in [0.15, 0.2) is 0 Å². The number of ether oxygens (including phenoxy) is 2. The van der Waals surface area contributed by atoms with E-state index in [-0.39, 0.29) is 12.1 Å². The summed E-state index contributed by atoms with van der Waals surface area (Å²) >= 11 is 0. The largest absolute Gasteiger partial charge is 0.389 e. The molecule has 0 aromatic carbocycles. The van der Waals surface area contributed by atoms with Crippen molar-refractivity contribution < 1.29 is 14.6 Å². The molecule has 0 amide bonds. The van der Waals surface area contributed by atoms with Crippen LogP contribution in [0.3, 0.4) is 0 Å². The van der Waals surface area contributed by atoms with Gasteiger partial charge in [0, 0.05) is 6.61 Å². The molecule has 1 rings (SSSR count). The summed E-state index contributed by atoms with van der Waals surface area (Å²) in [5.74, 6) is 0. The van der Waals surface area contributed by atoms with Gasteiger partial charge in [0.25, 0.3) is 0 Å². The second-order valence-corrected chi connectivity index (χ2v) is 5.22. The summed E-state index contributed by atoms with van der Waals surface area (Å²) < 4.78 is 10.9. The van der Waals surface area contributed by atoms with Crippen molar-refractivity contribution in [1.29, 1.82) is 0 Å². The summed E-state index contributed by atoms with van der Waals surface area (Å²) in [6, 6.07) is -0.253. The number of aliphatic hydroxyl groups is 1. The van der Waals surface area contributed by atoms with Gasteiger partial charge in [-0.15, -0.1) is 0 Å². The molecule has 0 spiro atoms. The van der Waals surface area contributed by atoms with E-state index in [4.69, 9.17) is 15.2 Å². The van der Waals surface area contributed by atoms with Gasteiger partial charge in [0.05, 0.1) is 25.4 Å². The molecule has 3 N–H and O–H groups in total. The van der Waals surface area contributed by atoms with Gasteiger partial charge in [-0.05, 0) is 6.42 Å². The van der Waals surface area contributed by atoms with Gasteiger partial charge in [-0.25, -0.2) is 0 Å². The van der Waals surface area contributed by atoms with Gasteiger partial charge in [0.1, 0.15) is 6.10 Å². The maximum atomic E-state index is 9.65. The van der Waals surface area contributed by atoms with Crippen molar-refractivity contribution in [3.63, 3.8) is 0 Å². The summed E-state index contributed by atoms with van der Waals surface area (Å²) in [7, 11) is 0. The Morgan fingerprint density at radius 3 is 2.44 bits per heavy atom. The van der Waals surface area contributed by atoms with E-state index in [1.165, 1.54) is 38.5 Å². The first kappa shape index (κ1) is 15.9. The van der Waals surface area contributed by atoms with Crippen LogP contribution in [0.4, 0.5) is 0 Å². The lowest BCUT2D eigenvalue weighted by Gasteiger charge is -2.15. The molecule has 4 heteroatoms. The molecule has 18 heavy (non-hydrogen) atoms. The van der Waals surface area contributed by atoms with Crippen molar-refractivity contribution in [2.45, 2.75) is 70.1 Å². The van der Waals surface area contributed by atoms with Gasteiger partial charge in [-0.1, -0.05) is 45.4 Å². The monoisotopic (exact) mass is 259 g/mol. The normalized spacial score (nSPS) is 27.8. The first-order valence-electron chi connectivity index (χ1n) is 7.38. The molecular formula is C14H29NO3. The summed E-state index contributed by atoms with van der Waals surface area (Å²) in [5, 5.41) is 9.65. The van der Waals surface area contributed by atoms with Crippen molar-refractivity contribution in [2.75, 3.05) is 19.8 Å². The van der Waals surface area contributed by atoms with Crippen LogP contribution in [0, 0.1) is 0 Å². The highest BCUT2D eigenvalue weighted by molar-refractivity contribution is 4.85. The zero-order chi connectivity index (χ0) is 13.2. The summed E-state index contributed by atoms with van der Waals surface area (Å²) in [4.78, 5) is 0. The van der Waals surface area contributed by atoms with E-state index in [0.717, 1.165) is 13.0 Å². The maximum Gasteiger partial charge on any atom is 0.108 e. The third-order valence-electron chi connectivity index (χ3n) is 3.50. The highest BCUT2D eigenvalue weighted by atomic mass is 16.5. The standard InChI is InChI=1S/C14H29NO3/c1-2-3-4-5-6-7-8-9-17-11-13-14(16)12(15)10-18-13/h12-14,16H,2-11,15H2,1H3/t12-,13-,14+/m0/s1. The van der Waals surface area contributed by atoms with Gasteiger partial charge in [0.2, 0.25) is 0 Å². The third kappa shape index (κ3) is 6.14. The van der Waals surface area contributed by atoms with Crippen LogP contribution >= 0.6 is 0 Å². The fraction of sp³-hybridized carbons (Fsp3) is 1.00. The lowest BCUT2D eigenvalue weighted by atomic mass is 10.1. The smallest absolute Gasteiger partial charge is 0.108 e. The average molecular weight is 259 g/mol. The minimum atomic E-state index is -0.570. The van der Waals surface area contributed by atoms with Crippen LogP contribution in [0.5, 0.6) is 0 Å². The Hall–Kier alpha value is -0.160. The van der Waals surface area contributed by atoms with Gasteiger partial charge in [-0.3, -0.25) is 0 Å². The van der Waals surface area contributed by atoms with E-state index >= 15 is 0 Å². The Bertz CT molecular complexity index is 201. The van der Waals surface area contributed by atoms with Gasteiger partial charge >= 0.3 is 0 Å². The van der Waals surface area contributed by atoms with E-state index in [0.29, 0.717) is 13.2 Å². The van der Waals surface area contributed by atoms with Crippen LogP contribution in [0.25, 0.3) is 0 Å². The maximum absolute atomic E-state index is 9.65. The number of aliphatic hydroxyl groups excluding tert-OH is 1. The first-order valence-corrected chi connectivity index (χ1v) is 7.38. The van der Waals surface area contributed by atoms with Crippen molar-refractivity contribution in [3.8, 4) is 0 Å². The summed E-state index contributed by atoms with van der Waals surface area (Å²) in [6.07, 6.45) is 8.19. The fourth-order valence-electron chi connectivity index (χ4n) is 2.22. The van der Waals surface area contributed by atoms with Crippen molar-refractivity contribution >= 4 is 0 Å². The van der Waals surface area contributed by atoms with Crippen LogP contribution in [0.15, 0.2) is 0 Å². The second kappa shape index (κ2) is 9.73. The van der Waals surface area contributed by atoms with E-state index in [1.807, 2.05) is 0 Å². The Labute approximate surface area is 111 Å².